The fourth-order valence-corrected chi connectivity index (χ4v) is 10.9. The Morgan fingerprint density at radius 1 is 1.00 bits per heavy atom. The van der Waals surface area contributed by atoms with Crippen molar-refractivity contribution in [2.75, 3.05) is 0 Å². The molecule has 7 fully saturated rings. The van der Waals surface area contributed by atoms with E-state index in [0.29, 0.717) is 30.6 Å². The highest BCUT2D eigenvalue weighted by Crippen LogP contribution is 2.71. The molecule has 0 amide bonds. The van der Waals surface area contributed by atoms with Gasteiger partial charge in [0.15, 0.2) is 18.3 Å². The van der Waals surface area contributed by atoms with E-state index in [4.69, 9.17) is 23.5 Å². The van der Waals surface area contributed by atoms with Gasteiger partial charge in [0, 0.05) is 5.92 Å². The monoisotopic (exact) mass is 660 g/mol. The highest BCUT2D eigenvalue weighted by atomic mass is 32.2. The molecule has 0 radical (unpaired) electrons. The van der Waals surface area contributed by atoms with Crippen molar-refractivity contribution in [1.29, 1.82) is 0 Å². The molecule has 4 saturated carbocycles. The lowest BCUT2D eigenvalue weighted by molar-refractivity contribution is -0.191. The molecule has 14 unspecified atom stereocenters. The summed E-state index contributed by atoms with van der Waals surface area (Å²) in [5, 5.41) is -4.75. The second kappa shape index (κ2) is 10.3. The van der Waals surface area contributed by atoms with Gasteiger partial charge >= 0.3 is 39.2 Å². The van der Waals surface area contributed by atoms with Crippen LogP contribution in [0.3, 0.4) is 0 Å². The summed E-state index contributed by atoms with van der Waals surface area (Å²) in [6.45, 7) is 4.73. The second-order valence-electron chi connectivity index (χ2n) is 14.5. The van der Waals surface area contributed by atoms with Crippen LogP contribution in [0, 0.1) is 53.3 Å². The Balaban J connectivity index is 1.01. The second-order valence-corrected chi connectivity index (χ2v) is 16.0. The largest absolute Gasteiger partial charge is 0.458 e. The summed E-state index contributed by atoms with van der Waals surface area (Å²) in [6, 6.07) is 0. The minimum absolute atomic E-state index is 0.0628. The van der Waals surface area contributed by atoms with E-state index in [9.17, 15) is 36.4 Å². The molecule has 15 heteroatoms. The van der Waals surface area contributed by atoms with Crippen LogP contribution in [0.1, 0.15) is 65.7 Å². The maximum Gasteiger partial charge on any atom is 0.405 e. The Hall–Kier alpha value is -2.39. The Labute approximate surface area is 258 Å². The predicted molar refractivity (Wildman–Crippen MR) is 144 cm³/mol. The van der Waals surface area contributed by atoms with Gasteiger partial charge in [-0.15, -0.1) is 0 Å². The first-order valence-corrected chi connectivity index (χ1v) is 17.3. The van der Waals surface area contributed by atoms with Crippen LogP contribution in [0.15, 0.2) is 0 Å². The van der Waals surface area contributed by atoms with E-state index in [0.717, 1.165) is 18.8 Å². The Morgan fingerprint density at radius 2 is 1.67 bits per heavy atom. The molecule has 7 aliphatic rings. The number of rotatable bonds is 10. The Kier molecular flexibility index (Phi) is 7.15. The molecule has 3 heterocycles. The number of ether oxygens (including phenoxy) is 5. The zero-order valence-corrected chi connectivity index (χ0v) is 26.0. The molecular formula is C30H38F2O12S. The first-order valence-electron chi connectivity index (χ1n) is 15.9. The fourth-order valence-electron chi connectivity index (χ4n) is 10.5. The van der Waals surface area contributed by atoms with Gasteiger partial charge in [0.25, 0.3) is 0 Å². The van der Waals surface area contributed by atoms with Crippen LogP contribution < -0.4 is 0 Å². The number of hydrogen-bond donors (Lipinski definition) is 1. The maximum atomic E-state index is 14.0. The normalized spacial score (nSPS) is 44.3. The average molecular weight is 661 g/mol. The smallest absolute Gasteiger partial charge is 0.405 e. The topological polar surface area (TPSA) is 169 Å². The summed E-state index contributed by atoms with van der Waals surface area (Å²) in [5.74, 6) is -1.87. The lowest BCUT2D eigenvalue weighted by Crippen LogP contribution is -2.54. The van der Waals surface area contributed by atoms with Crippen LogP contribution in [0.5, 0.6) is 0 Å². The van der Waals surface area contributed by atoms with Gasteiger partial charge in [-0.1, -0.05) is 13.8 Å². The number of carbonyl (C=O) groups excluding carboxylic acids is 4. The van der Waals surface area contributed by atoms with E-state index in [-0.39, 0.29) is 11.8 Å². The van der Waals surface area contributed by atoms with Crippen molar-refractivity contribution < 1.29 is 64.6 Å². The van der Waals surface area contributed by atoms with E-state index >= 15 is 0 Å². The number of hydrogen-bond acceptors (Lipinski definition) is 11. The number of fused-ring (bicyclic) bond motifs is 10. The average Bonchev–Trinajstić information content (AvgIpc) is 3.79. The maximum absolute atomic E-state index is 14.0. The third-order valence-corrected chi connectivity index (χ3v) is 13.2. The van der Waals surface area contributed by atoms with Crippen LogP contribution in [0.25, 0.3) is 0 Å². The molecule has 1 N–H and O–H groups in total. The van der Waals surface area contributed by atoms with Gasteiger partial charge in [0.2, 0.25) is 0 Å². The molecule has 0 spiro atoms. The molecule has 0 aromatic heterocycles. The highest BCUT2D eigenvalue weighted by Gasteiger charge is 2.74. The number of alkyl halides is 2. The molecule has 12 nitrogen and oxygen atoms in total. The third kappa shape index (κ3) is 4.49. The number of carbonyl (C=O) groups is 4. The van der Waals surface area contributed by atoms with Gasteiger partial charge in [-0.2, -0.15) is 17.2 Å². The molecule has 3 saturated heterocycles. The lowest BCUT2D eigenvalue weighted by atomic mass is 9.63. The zero-order valence-electron chi connectivity index (χ0n) is 25.1. The summed E-state index contributed by atoms with van der Waals surface area (Å²) in [5.41, 5.74) is -0.646. The lowest BCUT2D eigenvalue weighted by Gasteiger charge is -2.48. The van der Waals surface area contributed by atoms with E-state index in [2.05, 4.69) is 18.6 Å². The fraction of sp³-hybridized carbons (Fsp3) is 0.867. The molecule has 6 bridgehead atoms. The number of esters is 4. The minimum atomic E-state index is -5.84. The van der Waals surface area contributed by atoms with E-state index in [1.54, 1.807) is 0 Å². The van der Waals surface area contributed by atoms with Crippen molar-refractivity contribution in [1.82, 2.24) is 0 Å². The molecule has 3 aliphatic heterocycles. The van der Waals surface area contributed by atoms with Gasteiger partial charge in [0.1, 0.15) is 29.6 Å². The van der Waals surface area contributed by atoms with Gasteiger partial charge < -0.3 is 23.7 Å². The van der Waals surface area contributed by atoms with Crippen LogP contribution in [-0.4, -0.2) is 78.2 Å². The molecule has 45 heavy (non-hydrogen) atoms. The van der Waals surface area contributed by atoms with Crippen molar-refractivity contribution in [3.05, 3.63) is 0 Å². The molecule has 0 aromatic rings. The van der Waals surface area contributed by atoms with E-state index < -0.39 is 100 Å². The molecule has 14 atom stereocenters. The zero-order chi connectivity index (χ0) is 32.4. The Bertz CT molecular complexity index is 1420. The SMILES string of the molecule is CC(C)C1(OC(=O)C2C3OC4C(OC(=O)C42)C3OC(=O)CCC(=O)OC(C)C(F)(F)S(=O)(=O)O)CC2CC1C1C3CCC(C3)C21. The summed E-state index contributed by atoms with van der Waals surface area (Å²) >= 11 is 0. The summed E-state index contributed by atoms with van der Waals surface area (Å²) in [7, 11) is -5.84. The van der Waals surface area contributed by atoms with Crippen molar-refractivity contribution >= 4 is 34.0 Å². The van der Waals surface area contributed by atoms with Crippen molar-refractivity contribution in [3.8, 4) is 0 Å². The van der Waals surface area contributed by atoms with E-state index in [1.165, 1.54) is 19.3 Å². The van der Waals surface area contributed by atoms with Gasteiger partial charge in [-0.25, -0.2) is 0 Å². The van der Waals surface area contributed by atoms with E-state index in [1.807, 2.05) is 0 Å². The van der Waals surface area contributed by atoms with Crippen molar-refractivity contribution in [3.63, 3.8) is 0 Å². The predicted octanol–water partition coefficient (Wildman–Crippen LogP) is 2.67. The third-order valence-electron chi connectivity index (χ3n) is 12.2. The van der Waals surface area contributed by atoms with Gasteiger partial charge in [0.05, 0.1) is 12.8 Å². The highest BCUT2D eigenvalue weighted by molar-refractivity contribution is 7.86. The van der Waals surface area contributed by atoms with Gasteiger partial charge in [-0.05, 0) is 74.5 Å². The molecule has 7 rings (SSSR count). The summed E-state index contributed by atoms with van der Waals surface area (Å²) in [6.07, 6.45) is -2.18. The van der Waals surface area contributed by atoms with Crippen LogP contribution >= 0.6 is 0 Å². The minimum Gasteiger partial charge on any atom is -0.458 e. The summed E-state index contributed by atoms with van der Waals surface area (Å²) < 4.78 is 85.7. The molecule has 250 valence electrons. The molecule has 0 aromatic carbocycles. The first-order chi connectivity index (χ1) is 21.0. The van der Waals surface area contributed by atoms with Crippen LogP contribution in [-0.2, 0) is 53.0 Å². The summed E-state index contributed by atoms with van der Waals surface area (Å²) in [4.78, 5) is 51.6. The Morgan fingerprint density at radius 3 is 2.33 bits per heavy atom. The van der Waals surface area contributed by atoms with Crippen molar-refractivity contribution in [2.45, 2.75) is 107 Å². The standard InChI is InChI=1S/C30H38F2O12S/c1-11(2)29(10-15-9-16(29)20-14-5-4-13(8-14)19(15)20)44-28(36)22-21-23-26(43-27(21)35)25(24(22)42-23)41-18(34)7-6-17(33)40-12(3)30(31,32)45(37,38)39/h11-16,19-26H,4-10H2,1-3H3,(H,37,38,39). The van der Waals surface area contributed by atoms with Crippen molar-refractivity contribution in [2.24, 2.45) is 53.3 Å². The molecular weight excluding hydrogens is 622 g/mol. The number of halogens is 2. The quantitative estimate of drug-likeness (QED) is 0.158. The molecule has 4 aliphatic carbocycles. The van der Waals surface area contributed by atoms with Crippen LogP contribution in [0.4, 0.5) is 8.78 Å². The van der Waals surface area contributed by atoms with Crippen LogP contribution in [0.2, 0.25) is 0 Å². The first kappa shape index (κ1) is 31.2. The van der Waals surface area contributed by atoms with Gasteiger partial charge in [-0.3, -0.25) is 23.7 Å².